The Morgan fingerprint density at radius 2 is 1.93 bits per heavy atom. The Bertz CT molecular complexity index is 1010. The summed E-state index contributed by atoms with van der Waals surface area (Å²) in [7, 11) is -3.71. The van der Waals surface area contributed by atoms with Crippen LogP contribution in [0.3, 0.4) is 0 Å². The molecule has 1 aromatic heterocycles. The average molecular weight is 473 g/mol. The first kappa shape index (κ1) is 23.0. The molecule has 12 heteroatoms. The van der Waals surface area contributed by atoms with Gasteiger partial charge in [0.1, 0.15) is 4.90 Å². The van der Waals surface area contributed by atoms with Crippen LogP contribution in [0.15, 0.2) is 28.3 Å². The van der Waals surface area contributed by atoms with Crippen LogP contribution in [-0.2, 0) is 20.4 Å². The van der Waals surface area contributed by atoms with Crippen LogP contribution in [0.2, 0.25) is 5.02 Å². The van der Waals surface area contributed by atoms with Gasteiger partial charge in [0.2, 0.25) is 21.1 Å². The normalized spacial score (nSPS) is 15.9. The quantitative estimate of drug-likeness (QED) is 0.643. The van der Waals surface area contributed by atoms with E-state index < -0.39 is 10.0 Å². The van der Waals surface area contributed by atoms with Gasteiger partial charge in [-0.05, 0) is 62.2 Å². The lowest BCUT2D eigenvalue weighted by molar-refractivity contribution is -0.113. The molecule has 164 valence electrons. The van der Waals surface area contributed by atoms with Crippen molar-refractivity contribution in [1.29, 1.82) is 0 Å². The average Bonchev–Trinajstić information content (AvgIpc) is 3.18. The molecule has 2 heterocycles. The molecule has 1 aliphatic rings. The minimum atomic E-state index is -3.71. The first-order valence-corrected chi connectivity index (χ1v) is 12.4. The van der Waals surface area contributed by atoms with Crippen LogP contribution in [0, 0.1) is 0 Å². The van der Waals surface area contributed by atoms with Crippen LogP contribution in [0.1, 0.15) is 40.0 Å². The number of halogens is 1. The van der Waals surface area contributed by atoms with E-state index in [2.05, 4.69) is 20.8 Å². The summed E-state index contributed by atoms with van der Waals surface area (Å²) in [5.74, 6) is -0.222. The van der Waals surface area contributed by atoms with Gasteiger partial charge < -0.3 is 5.32 Å². The zero-order valence-electron chi connectivity index (χ0n) is 17.1. The van der Waals surface area contributed by atoms with Crippen LogP contribution in [0.25, 0.3) is 0 Å². The number of rotatable bonds is 6. The Labute approximate surface area is 185 Å². The smallest absolute Gasteiger partial charge is 0.244 e. The molecule has 1 aliphatic heterocycles. The van der Waals surface area contributed by atoms with Crippen LogP contribution < -0.4 is 5.32 Å². The molecule has 0 radical (unpaired) electrons. The highest BCUT2D eigenvalue weighted by atomic mass is 35.5. The molecule has 1 aromatic carbocycles. The first-order valence-electron chi connectivity index (χ1n) is 9.60. The molecular weight excluding hydrogens is 448 g/mol. The third-order valence-electron chi connectivity index (χ3n) is 4.56. The first-order chi connectivity index (χ1) is 14.1. The summed E-state index contributed by atoms with van der Waals surface area (Å²) in [4.78, 5) is 12.4. The van der Waals surface area contributed by atoms with Crippen molar-refractivity contribution >= 4 is 45.0 Å². The molecule has 0 bridgehead atoms. The van der Waals surface area contributed by atoms with Crippen LogP contribution in [-0.4, -0.2) is 57.7 Å². The molecule has 0 atom stereocenters. The highest BCUT2D eigenvalue weighted by molar-refractivity contribution is 7.99. The summed E-state index contributed by atoms with van der Waals surface area (Å²) in [5.41, 5.74) is 0.0620. The number of benzene rings is 1. The maximum Gasteiger partial charge on any atom is 0.244 e. The van der Waals surface area contributed by atoms with Crippen molar-refractivity contribution in [2.45, 2.75) is 55.6 Å². The maximum atomic E-state index is 13.0. The van der Waals surface area contributed by atoms with E-state index in [1.54, 1.807) is 10.7 Å². The molecule has 2 aromatic rings. The number of hydrogen-bond donors (Lipinski definition) is 1. The Morgan fingerprint density at radius 1 is 1.23 bits per heavy atom. The standard InChI is InChI=1S/C18H25ClN6O3S2/c1-18(2,3)25-17(21-22-23-25)29-12-16(26)20-13-7-8-14(19)15(11-13)30(27,28)24-9-5-4-6-10-24/h7-8,11H,4-6,9-10,12H2,1-3H3,(H,20,26). The van der Waals surface area contributed by atoms with Gasteiger partial charge in [0, 0.05) is 18.8 Å². The molecule has 1 amide bonds. The van der Waals surface area contributed by atoms with Gasteiger partial charge in [-0.25, -0.2) is 13.1 Å². The molecular formula is C18H25ClN6O3S2. The summed E-state index contributed by atoms with van der Waals surface area (Å²) in [5, 5.41) is 15.0. The lowest BCUT2D eigenvalue weighted by atomic mass is 10.1. The number of sulfonamides is 1. The van der Waals surface area contributed by atoms with Crippen molar-refractivity contribution in [2.24, 2.45) is 0 Å². The molecule has 0 aliphatic carbocycles. The van der Waals surface area contributed by atoms with Crippen molar-refractivity contribution < 1.29 is 13.2 Å². The number of thioether (sulfide) groups is 1. The van der Waals surface area contributed by atoms with Gasteiger partial charge in [0.25, 0.3) is 0 Å². The third-order valence-corrected chi connectivity index (χ3v) is 7.86. The molecule has 0 unspecified atom stereocenters. The second kappa shape index (κ2) is 9.21. The Balaban J connectivity index is 1.69. The number of nitrogens with zero attached hydrogens (tertiary/aromatic N) is 5. The summed E-state index contributed by atoms with van der Waals surface area (Å²) < 4.78 is 29.0. The van der Waals surface area contributed by atoms with Crippen molar-refractivity contribution in [2.75, 3.05) is 24.2 Å². The predicted molar refractivity (Wildman–Crippen MR) is 116 cm³/mol. The molecule has 3 rings (SSSR count). The fourth-order valence-corrected chi connectivity index (χ4v) is 5.92. The third kappa shape index (κ3) is 5.32. The maximum absolute atomic E-state index is 13.0. The number of tetrazole rings is 1. The number of nitrogens with one attached hydrogen (secondary N) is 1. The molecule has 30 heavy (non-hydrogen) atoms. The van der Waals surface area contributed by atoms with E-state index in [1.165, 1.54) is 28.2 Å². The summed E-state index contributed by atoms with van der Waals surface area (Å²) in [6.07, 6.45) is 2.68. The molecule has 0 spiro atoms. The minimum absolute atomic E-state index is 0.00759. The zero-order valence-corrected chi connectivity index (χ0v) is 19.5. The van der Waals surface area contributed by atoms with Crippen molar-refractivity contribution in [1.82, 2.24) is 24.5 Å². The number of aromatic nitrogens is 4. The van der Waals surface area contributed by atoms with Crippen molar-refractivity contribution in [3.63, 3.8) is 0 Å². The number of carbonyl (C=O) groups is 1. The monoisotopic (exact) mass is 472 g/mol. The zero-order chi connectivity index (χ0) is 21.9. The predicted octanol–water partition coefficient (Wildman–Crippen LogP) is 2.99. The molecule has 0 saturated carbocycles. The Morgan fingerprint density at radius 3 is 2.60 bits per heavy atom. The van der Waals surface area contributed by atoms with E-state index in [0.29, 0.717) is 23.9 Å². The number of carbonyl (C=O) groups excluding carboxylic acids is 1. The van der Waals surface area contributed by atoms with Crippen molar-refractivity contribution in [3.05, 3.63) is 23.2 Å². The van der Waals surface area contributed by atoms with Crippen LogP contribution in [0.4, 0.5) is 5.69 Å². The van der Waals surface area contributed by atoms with Gasteiger partial charge in [-0.15, -0.1) is 5.10 Å². The fourth-order valence-electron chi connectivity index (χ4n) is 3.04. The lowest BCUT2D eigenvalue weighted by Crippen LogP contribution is -2.35. The number of amides is 1. The molecule has 9 nitrogen and oxygen atoms in total. The second-order valence-corrected chi connectivity index (χ2v) is 11.2. The van der Waals surface area contributed by atoms with Crippen molar-refractivity contribution in [3.8, 4) is 0 Å². The topological polar surface area (TPSA) is 110 Å². The minimum Gasteiger partial charge on any atom is -0.325 e. The van der Waals surface area contributed by atoms with E-state index in [4.69, 9.17) is 11.6 Å². The van der Waals surface area contributed by atoms with E-state index >= 15 is 0 Å². The summed E-state index contributed by atoms with van der Waals surface area (Å²) in [6, 6.07) is 4.48. The highest BCUT2D eigenvalue weighted by Gasteiger charge is 2.28. The largest absolute Gasteiger partial charge is 0.325 e. The number of anilines is 1. The van der Waals surface area contributed by atoms with E-state index in [9.17, 15) is 13.2 Å². The SMILES string of the molecule is CC(C)(C)n1nnnc1SCC(=O)Nc1ccc(Cl)c(S(=O)(=O)N2CCCCC2)c1. The van der Waals surface area contributed by atoms with Gasteiger partial charge in [-0.2, -0.15) is 4.31 Å². The molecule has 1 saturated heterocycles. The second-order valence-electron chi connectivity index (χ2n) is 7.99. The number of piperidine rings is 1. The number of hydrogen-bond acceptors (Lipinski definition) is 7. The van der Waals surface area contributed by atoms with Gasteiger partial charge in [0.15, 0.2) is 0 Å². The summed E-state index contributed by atoms with van der Waals surface area (Å²) in [6.45, 7) is 6.85. The van der Waals surface area contributed by atoms with Crippen LogP contribution in [0.5, 0.6) is 0 Å². The van der Waals surface area contributed by atoms with E-state index in [-0.39, 0.29) is 27.1 Å². The Hall–Kier alpha value is -1.69. The van der Waals surface area contributed by atoms with Crippen LogP contribution >= 0.6 is 23.4 Å². The molecule has 1 fully saturated rings. The highest BCUT2D eigenvalue weighted by Crippen LogP contribution is 2.29. The van der Waals surface area contributed by atoms with E-state index in [0.717, 1.165) is 19.3 Å². The Kier molecular flexibility index (Phi) is 7.05. The van der Waals surface area contributed by atoms with Gasteiger partial charge in [0.05, 0.1) is 16.3 Å². The summed E-state index contributed by atoms with van der Waals surface area (Å²) >= 11 is 7.38. The van der Waals surface area contributed by atoms with Gasteiger partial charge in [-0.3, -0.25) is 4.79 Å². The fraction of sp³-hybridized carbons (Fsp3) is 0.556. The van der Waals surface area contributed by atoms with Gasteiger partial charge in [-0.1, -0.05) is 29.8 Å². The molecule has 1 N–H and O–H groups in total. The lowest BCUT2D eigenvalue weighted by Gasteiger charge is -2.26. The van der Waals surface area contributed by atoms with Gasteiger partial charge >= 0.3 is 0 Å². The van der Waals surface area contributed by atoms with E-state index in [1.807, 2.05) is 20.8 Å².